The van der Waals surface area contributed by atoms with Crippen LogP contribution in [0.3, 0.4) is 0 Å². The van der Waals surface area contributed by atoms with E-state index in [9.17, 15) is 4.79 Å². The average molecular weight is 294 g/mol. The summed E-state index contributed by atoms with van der Waals surface area (Å²) in [5.41, 5.74) is 10.1. The molecule has 1 unspecified atom stereocenters. The van der Waals surface area contributed by atoms with Gasteiger partial charge < -0.3 is 16.0 Å². The van der Waals surface area contributed by atoms with Gasteiger partial charge in [-0.15, -0.1) is 0 Å². The van der Waals surface area contributed by atoms with Gasteiger partial charge in [-0.3, -0.25) is 4.79 Å². The first kappa shape index (κ1) is 14.3. The van der Waals surface area contributed by atoms with Crippen LogP contribution in [0.5, 0.6) is 0 Å². The van der Waals surface area contributed by atoms with Gasteiger partial charge in [-0.1, -0.05) is 6.07 Å². The van der Waals surface area contributed by atoms with Crippen LogP contribution in [0.2, 0.25) is 0 Å². The average Bonchev–Trinajstić information content (AvgIpc) is 2.96. The molecule has 0 fully saturated rings. The number of aromatic amines is 1. The van der Waals surface area contributed by atoms with Gasteiger partial charge in [0.05, 0.1) is 5.69 Å². The number of benzene rings is 1. The molecule has 0 aliphatic rings. The maximum Gasteiger partial charge on any atom is 0.255 e. The van der Waals surface area contributed by atoms with Crippen LogP contribution in [0, 0.1) is 6.92 Å². The molecule has 0 saturated carbocycles. The van der Waals surface area contributed by atoms with E-state index < -0.39 is 0 Å². The number of nitrogens with zero attached hydrogens (tertiary/aromatic N) is 1. The van der Waals surface area contributed by atoms with E-state index in [0.717, 1.165) is 27.8 Å². The lowest BCUT2D eigenvalue weighted by Gasteiger charge is -2.12. The summed E-state index contributed by atoms with van der Waals surface area (Å²) in [5.74, 6) is -0.145. The Morgan fingerprint density at radius 3 is 2.86 bits per heavy atom. The predicted molar refractivity (Wildman–Crippen MR) is 87.8 cm³/mol. The van der Waals surface area contributed by atoms with Gasteiger partial charge in [0.2, 0.25) is 0 Å². The van der Waals surface area contributed by atoms with Gasteiger partial charge in [-0.25, -0.2) is 4.98 Å². The number of carbonyl (C=O) groups excluding carboxylic acids is 1. The van der Waals surface area contributed by atoms with Crippen LogP contribution in [-0.2, 0) is 0 Å². The van der Waals surface area contributed by atoms with E-state index in [-0.39, 0.29) is 11.9 Å². The summed E-state index contributed by atoms with van der Waals surface area (Å²) >= 11 is 0. The van der Waals surface area contributed by atoms with Crippen molar-refractivity contribution >= 4 is 22.6 Å². The van der Waals surface area contributed by atoms with Crippen molar-refractivity contribution in [1.82, 2.24) is 9.97 Å². The number of H-pyrrole nitrogens is 1. The number of fused-ring (bicyclic) bond motifs is 1. The van der Waals surface area contributed by atoms with Crippen LogP contribution >= 0.6 is 0 Å². The number of aromatic nitrogens is 2. The fourth-order valence-corrected chi connectivity index (χ4v) is 2.59. The number of carbonyl (C=O) groups is 1. The van der Waals surface area contributed by atoms with Crippen molar-refractivity contribution < 1.29 is 4.79 Å². The lowest BCUT2D eigenvalue weighted by atomic mass is 10.00. The van der Waals surface area contributed by atoms with E-state index in [4.69, 9.17) is 5.73 Å². The number of nitrogens with one attached hydrogen (secondary N) is 2. The Balaban J connectivity index is 1.89. The van der Waals surface area contributed by atoms with Crippen molar-refractivity contribution in [2.45, 2.75) is 19.9 Å². The number of amides is 1. The molecule has 5 heteroatoms. The molecule has 3 aromatic rings. The number of anilines is 1. The third kappa shape index (κ3) is 2.58. The lowest BCUT2D eigenvalue weighted by molar-refractivity contribution is 0.102. The van der Waals surface area contributed by atoms with Crippen molar-refractivity contribution in [3.05, 3.63) is 59.4 Å². The first-order valence-electron chi connectivity index (χ1n) is 7.16. The maximum absolute atomic E-state index is 12.4. The minimum Gasteiger partial charge on any atom is -0.346 e. The molecular weight excluding hydrogens is 276 g/mol. The summed E-state index contributed by atoms with van der Waals surface area (Å²) in [6.45, 7) is 3.90. The molecule has 1 amide bonds. The van der Waals surface area contributed by atoms with Crippen molar-refractivity contribution in [2.24, 2.45) is 5.73 Å². The molecule has 2 aromatic heterocycles. The standard InChI is InChI=1S/C17H18N4O/c1-10-9-12(3-4-13(10)11(2)18)17(22)21-15-6-8-20-16-14(15)5-7-19-16/h3-9,11H,18H2,1-2H3,(H2,19,20,21,22). The molecule has 0 aliphatic carbocycles. The Kier molecular flexibility index (Phi) is 3.65. The Hall–Kier alpha value is -2.66. The van der Waals surface area contributed by atoms with Crippen molar-refractivity contribution in [3.63, 3.8) is 0 Å². The van der Waals surface area contributed by atoms with E-state index in [1.807, 2.05) is 32.0 Å². The number of aryl methyl sites for hydroxylation is 1. The fourth-order valence-electron chi connectivity index (χ4n) is 2.59. The maximum atomic E-state index is 12.4. The molecule has 0 saturated heterocycles. The van der Waals surface area contributed by atoms with Gasteiger partial charge in [0.15, 0.2) is 0 Å². The molecule has 1 atom stereocenters. The quantitative estimate of drug-likeness (QED) is 0.694. The molecule has 0 aliphatic heterocycles. The van der Waals surface area contributed by atoms with Gasteiger partial charge >= 0.3 is 0 Å². The Labute approximate surface area is 128 Å². The Morgan fingerprint density at radius 2 is 2.14 bits per heavy atom. The van der Waals surface area contributed by atoms with Crippen LogP contribution in [0.25, 0.3) is 11.0 Å². The number of nitrogens with two attached hydrogens (primary N) is 1. The van der Waals surface area contributed by atoms with Crippen LogP contribution in [-0.4, -0.2) is 15.9 Å². The van der Waals surface area contributed by atoms with E-state index in [1.54, 1.807) is 24.5 Å². The predicted octanol–water partition coefficient (Wildman–Crippen LogP) is 3.14. The van der Waals surface area contributed by atoms with E-state index >= 15 is 0 Å². The highest BCUT2D eigenvalue weighted by Gasteiger charge is 2.11. The smallest absolute Gasteiger partial charge is 0.255 e. The van der Waals surface area contributed by atoms with Crippen LogP contribution in [0.1, 0.15) is 34.5 Å². The highest BCUT2D eigenvalue weighted by atomic mass is 16.1. The van der Waals surface area contributed by atoms with Crippen LogP contribution in [0.4, 0.5) is 5.69 Å². The molecule has 2 heterocycles. The normalized spacial score (nSPS) is 12.3. The van der Waals surface area contributed by atoms with Gasteiger partial charge in [0, 0.05) is 29.4 Å². The van der Waals surface area contributed by atoms with E-state index in [2.05, 4.69) is 15.3 Å². The molecule has 3 rings (SSSR count). The topological polar surface area (TPSA) is 83.8 Å². The minimum atomic E-state index is -0.145. The molecule has 22 heavy (non-hydrogen) atoms. The lowest BCUT2D eigenvalue weighted by Crippen LogP contribution is -2.14. The molecular formula is C17H18N4O. The highest BCUT2D eigenvalue weighted by Crippen LogP contribution is 2.22. The van der Waals surface area contributed by atoms with Crippen molar-refractivity contribution in [1.29, 1.82) is 0 Å². The molecule has 4 N–H and O–H groups in total. The Bertz CT molecular complexity index is 836. The molecule has 1 aromatic carbocycles. The number of pyridine rings is 1. The zero-order chi connectivity index (χ0) is 15.7. The third-order valence-electron chi connectivity index (χ3n) is 3.73. The largest absolute Gasteiger partial charge is 0.346 e. The summed E-state index contributed by atoms with van der Waals surface area (Å²) in [5, 5.41) is 3.82. The first-order valence-corrected chi connectivity index (χ1v) is 7.16. The van der Waals surface area contributed by atoms with Gasteiger partial charge in [-0.2, -0.15) is 0 Å². The third-order valence-corrected chi connectivity index (χ3v) is 3.73. The van der Waals surface area contributed by atoms with Gasteiger partial charge in [0.25, 0.3) is 5.91 Å². The van der Waals surface area contributed by atoms with E-state index in [1.165, 1.54) is 0 Å². The second-order valence-corrected chi connectivity index (χ2v) is 5.41. The van der Waals surface area contributed by atoms with Crippen LogP contribution in [0.15, 0.2) is 42.7 Å². The molecule has 0 spiro atoms. The zero-order valence-electron chi connectivity index (χ0n) is 12.6. The number of rotatable bonds is 3. The fraction of sp³-hybridized carbons (Fsp3) is 0.176. The molecule has 5 nitrogen and oxygen atoms in total. The van der Waals surface area contributed by atoms with Crippen LogP contribution < -0.4 is 11.1 Å². The van der Waals surface area contributed by atoms with Crippen molar-refractivity contribution in [3.8, 4) is 0 Å². The summed E-state index contributed by atoms with van der Waals surface area (Å²) < 4.78 is 0. The number of hydrogen-bond donors (Lipinski definition) is 3. The first-order chi connectivity index (χ1) is 10.6. The van der Waals surface area contributed by atoms with E-state index in [0.29, 0.717) is 5.56 Å². The second-order valence-electron chi connectivity index (χ2n) is 5.41. The highest BCUT2D eigenvalue weighted by molar-refractivity contribution is 6.08. The Morgan fingerprint density at radius 1 is 1.32 bits per heavy atom. The SMILES string of the molecule is Cc1cc(C(=O)Nc2ccnc3[nH]ccc23)ccc1C(C)N. The van der Waals surface area contributed by atoms with Crippen molar-refractivity contribution in [2.75, 3.05) is 5.32 Å². The second kappa shape index (κ2) is 5.61. The summed E-state index contributed by atoms with van der Waals surface area (Å²) in [7, 11) is 0. The van der Waals surface area contributed by atoms with Gasteiger partial charge in [0.1, 0.15) is 5.65 Å². The monoisotopic (exact) mass is 294 g/mol. The summed E-state index contributed by atoms with van der Waals surface area (Å²) in [4.78, 5) is 19.7. The van der Waals surface area contributed by atoms with Gasteiger partial charge in [-0.05, 0) is 49.2 Å². The molecule has 0 radical (unpaired) electrons. The molecule has 112 valence electrons. The number of hydrogen-bond acceptors (Lipinski definition) is 3. The molecule has 0 bridgehead atoms. The summed E-state index contributed by atoms with van der Waals surface area (Å²) in [6.07, 6.45) is 3.47. The zero-order valence-corrected chi connectivity index (χ0v) is 12.6. The minimum absolute atomic E-state index is 0.0446. The summed E-state index contributed by atoms with van der Waals surface area (Å²) in [6, 6.07) is 9.21.